The third-order valence-corrected chi connectivity index (χ3v) is 16.8. The van der Waals surface area contributed by atoms with Crippen molar-refractivity contribution in [3.8, 4) is 51.7 Å². The number of aliphatic carboxylic acids is 8. The average molecular weight is 1710 g/mol. The van der Waals surface area contributed by atoms with E-state index in [1.54, 1.807) is 0 Å². The van der Waals surface area contributed by atoms with E-state index in [0.29, 0.717) is 71.2 Å². The average Bonchev–Trinajstić information content (AvgIpc) is 0.886. The number of benzene rings is 9. The molecule has 0 saturated heterocycles. The van der Waals surface area contributed by atoms with Crippen LogP contribution in [0.15, 0.2) is 224 Å². The summed E-state index contributed by atoms with van der Waals surface area (Å²) >= 11 is 0. The van der Waals surface area contributed by atoms with E-state index in [9.17, 15) is 38.4 Å². The van der Waals surface area contributed by atoms with Crippen LogP contribution in [0.25, 0.3) is 0 Å². The molecule has 0 amide bonds. The van der Waals surface area contributed by atoms with E-state index in [2.05, 4.69) is 20.8 Å². The van der Waals surface area contributed by atoms with Gasteiger partial charge in [0.1, 0.15) is 51.7 Å². The van der Waals surface area contributed by atoms with Gasteiger partial charge < -0.3 is 78.7 Å². The molecule has 0 aliphatic rings. The summed E-state index contributed by atoms with van der Waals surface area (Å²) in [6, 6.07) is 70.1. The van der Waals surface area contributed by atoms with Gasteiger partial charge >= 0.3 is 47.8 Å². The monoisotopic (exact) mass is 1710 g/mol. The van der Waals surface area contributed by atoms with E-state index < -0.39 is 47.8 Å². The van der Waals surface area contributed by atoms with Gasteiger partial charge in [-0.2, -0.15) is 0 Å². The van der Waals surface area contributed by atoms with Crippen molar-refractivity contribution in [3.05, 3.63) is 269 Å². The lowest BCUT2D eigenvalue weighted by Crippen LogP contribution is -2.05. The lowest BCUT2D eigenvalue weighted by atomic mass is 10.1. The smallest absolute Gasteiger partial charge is 0.303 e. The number of unbranched alkanes of at least 4 members (excludes halogenated alkanes) is 2. The molecule has 0 aliphatic carbocycles. The zero-order valence-electron chi connectivity index (χ0n) is 73.2. The fourth-order valence-corrected chi connectivity index (χ4v) is 10.6. The molecule has 9 rings (SSSR count). The minimum Gasteiger partial charge on any atom is -0.494 e. The Morgan fingerprint density at radius 2 is 0.476 bits per heavy atom. The molecule has 0 radical (unpaired) electrons. The van der Waals surface area contributed by atoms with E-state index in [0.717, 1.165) is 148 Å². The summed E-state index contributed by atoms with van der Waals surface area (Å²) in [6.45, 7) is 21.6. The van der Waals surface area contributed by atoms with Crippen LogP contribution >= 0.6 is 0 Å². The zero-order chi connectivity index (χ0) is 91.5. The van der Waals surface area contributed by atoms with Crippen LogP contribution < -0.4 is 37.9 Å². The molecule has 24 heteroatoms. The maximum Gasteiger partial charge on any atom is 0.303 e. The number of carboxylic acid groups (broad SMARTS) is 8. The first kappa shape index (κ1) is 107. The highest BCUT2D eigenvalue weighted by Crippen LogP contribution is 2.25. The van der Waals surface area contributed by atoms with Crippen LogP contribution in [0, 0.1) is 0 Å². The van der Waals surface area contributed by atoms with Gasteiger partial charge in [0.15, 0.2) is 0 Å². The van der Waals surface area contributed by atoms with Gasteiger partial charge in [0.25, 0.3) is 0 Å². The fourth-order valence-electron chi connectivity index (χ4n) is 10.6. The molecule has 0 spiro atoms. The predicted molar refractivity (Wildman–Crippen MR) is 481 cm³/mol. The second-order valence-corrected chi connectivity index (χ2v) is 28.6. The Labute approximate surface area is 730 Å². The summed E-state index contributed by atoms with van der Waals surface area (Å²) in [5, 5.41) is 68.5. The van der Waals surface area contributed by atoms with Gasteiger partial charge in [-0.3, -0.25) is 38.4 Å². The van der Waals surface area contributed by atoms with Gasteiger partial charge in [-0.1, -0.05) is 156 Å². The molecule has 124 heavy (non-hydrogen) atoms. The largest absolute Gasteiger partial charge is 0.494 e. The van der Waals surface area contributed by atoms with Crippen LogP contribution in [0.3, 0.4) is 0 Å². The van der Waals surface area contributed by atoms with E-state index in [1.807, 2.05) is 266 Å². The van der Waals surface area contributed by atoms with Crippen LogP contribution in [-0.2, 0) is 89.7 Å². The number of hydrogen-bond donors (Lipinski definition) is 8. The second kappa shape index (κ2) is 66.8. The van der Waals surface area contributed by atoms with Crippen LogP contribution in [-0.4, -0.2) is 134 Å². The van der Waals surface area contributed by atoms with Crippen molar-refractivity contribution in [3.63, 3.8) is 0 Å². The molecule has 0 atom stereocenters. The molecule has 8 N–H and O–H groups in total. The van der Waals surface area contributed by atoms with Gasteiger partial charge in [0, 0.05) is 51.4 Å². The summed E-state index contributed by atoms with van der Waals surface area (Å²) in [5.41, 5.74) is 8.06. The number of para-hydroxylation sites is 1. The van der Waals surface area contributed by atoms with E-state index >= 15 is 0 Å². The van der Waals surface area contributed by atoms with Crippen LogP contribution in [0.5, 0.6) is 51.7 Å². The maximum absolute atomic E-state index is 10.5. The highest BCUT2D eigenvalue weighted by molar-refractivity contribution is 5.70. The molecular weight excluding hydrogens is 1590 g/mol. The molecule has 0 aromatic heterocycles. The minimum absolute atomic E-state index is 0.134. The SMILES string of the molecule is CC(C)Oc1ccc(CCC(=O)O)cc1.CC(C)Oc1cccc(CCC(=O)O)c1.CCCCOc1ccc(CCC(=O)O)cc1.CCCCOc1cccc(CCC(=O)O)c1.CCCOc1ccc(CCC(=O)O)cc1.CCCOc1cccc(CCC(=O)O)c1.CCOc1cccc(CCC(=O)O)c1.O=C(O)CCc1cccc(Oc2ccccc2)c1. The number of ether oxygens (including phenoxy) is 8. The Morgan fingerprint density at radius 3 is 0.774 bits per heavy atom. The fraction of sp³-hybridized carbons (Fsp3) is 0.380. The number of rotatable bonds is 46. The highest BCUT2D eigenvalue weighted by atomic mass is 16.5. The normalized spacial score (nSPS) is 10.1. The molecule has 9 aromatic carbocycles. The number of carboxylic acids is 8. The van der Waals surface area contributed by atoms with Crippen molar-refractivity contribution >= 4 is 47.8 Å². The Hall–Kier alpha value is -12.9. The summed E-state index contributed by atoms with van der Waals surface area (Å²) in [5.74, 6) is 1.11. The molecular formula is C100H128O24. The van der Waals surface area contributed by atoms with Gasteiger partial charge in [0.2, 0.25) is 0 Å². The van der Waals surface area contributed by atoms with Gasteiger partial charge in [-0.25, -0.2) is 0 Å². The molecule has 0 aliphatic heterocycles. The van der Waals surface area contributed by atoms with Crippen LogP contribution in [0.4, 0.5) is 0 Å². The molecule has 0 bridgehead atoms. The van der Waals surface area contributed by atoms with E-state index in [4.69, 9.17) is 78.7 Å². The minimum atomic E-state index is -0.788. The number of hydrogen-bond acceptors (Lipinski definition) is 16. The van der Waals surface area contributed by atoms with Gasteiger partial charge in [-0.05, 0) is 265 Å². The molecule has 24 nitrogen and oxygen atoms in total. The topological polar surface area (TPSA) is 372 Å². The van der Waals surface area contributed by atoms with Crippen molar-refractivity contribution in [1.82, 2.24) is 0 Å². The molecule has 0 fully saturated rings. The van der Waals surface area contributed by atoms with Gasteiger partial charge in [-0.15, -0.1) is 0 Å². The predicted octanol–water partition coefficient (Wildman–Crippen LogP) is 21.3. The van der Waals surface area contributed by atoms with Crippen LogP contribution in [0.2, 0.25) is 0 Å². The quantitative estimate of drug-likeness (QED) is 0.0164. The van der Waals surface area contributed by atoms with E-state index in [-0.39, 0.29) is 63.6 Å². The molecule has 0 unspecified atom stereocenters. The van der Waals surface area contributed by atoms with Crippen molar-refractivity contribution in [1.29, 1.82) is 0 Å². The Bertz CT molecular complexity index is 4430. The Morgan fingerprint density at radius 1 is 0.234 bits per heavy atom. The van der Waals surface area contributed by atoms with Crippen molar-refractivity contribution in [2.24, 2.45) is 0 Å². The summed E-state index contributed by atoms with van der Waals surface area (Å²) in [7, 11) is 0. The lowest BCUT2D eigenvalue weighted by Gasteiger charge is -2.10. The standard InChI is InChI=1S/C15H14O3.2C13H18O3.4C12H16O3.C11H14O3/c16-15(17)10-9-12-5-4-8-14(11-12)18-13-6-2-1-3-7-13;1-2-3-10-16-12-7-4-11(5-8-12)6-9-13(14)15;1-2-3-9-16-12-6-4-5-11(10-12)7-8-13(14)15;1-9(2)15-11-6-3-10(4-7-11)5-8-12(13)14;1-9(2)15-11-5-3-4-10(8-11)6-7-12(13)14;1-2-9-15-11-6-3-10(4-7-11)5-8-12(13)14;1-2-8-15-11-5-3-4-10(9-11)6-7-12(13)14;1-2-14-10-5-3-4-9(8-10)6-7-11(12)13/h1-8,11H,9-10H2,(H,16,17);4-5,7-8H,2-3,6,9-10H2,1H3,(H,14,15);4-6,10H,2-3,7-9H2,1H3,(H,14,15);3-4,6-7,9H,5,8H2,1-2H3,(H,13,14);3-5,8-9H,6-7H2,1-2H3,(H,13,14);3-4,6-7H,2,5,8-9H2,1H3,(H,13,14);3-5,9H,2,6-8H2,1H3,(H,13,14);3-5,8H,2,6-7H2,1H3,(H,12,13). The Balaban J connectivity index is 0.000000481. The van der Waals surface area contributed by atoms with Gasteiger partial charge in [0.05, 0.1) is 45.2 Å². The van der Waals surface area contributed by atoms with Crippen molar-refractivity contribution in [2.45, 2.75) is 216 Å². The molecule has 9 aromatic rings. The summed E-state index contributed by atoms with van der Waals surface area (Å²) < 4.78 is 43.9. The maximum atomic E-state index is 10.5. The first-order valence-electron chi connectivity index (χ1n) is 42.2. The van der Waals surface area contributed by atoms with Crippen molar-refractivity contribution in [2.75, 3.05) is 33.0 Å². The first-order valence-corrected chi connectivity index (χ1v) is 42.2. The van der Waals surface area contributed by atoms with Crippen LogP contribution in [0.1, 0.15) is 197 Å². The molecule has 0 saturated carbocycles. The highest BCUT2D eigenvalue weighted by Gasteiger charge is 2.10. The molecule has 672 valence electrons. The molecule has 0 heterocycles. The lowest BCUT2D eigenvalue weighted by molar-refractivity contribution is -0.138. The Kier molecular flexibility index (Phi) is 57.8. The third kappa shape index (κ3) is 58.2. The second-order valence-electron chi connectivity index (χ2n) is 28.6. The zero-order valence-corrected chi connectivity index (χ0v) is 73.2. The van der Waals surface area contributed by atoms with Crippen molar-refractivity contribution < 1.29 is 117 Å². The number of carbonyl (C=O) groups is 8. The van der Waals surface area contributed by atoms with E-state index in [1.165, 1.54) is 0 Å². The third-order valence-electron chi connectivity index (χ3n) is 16.8. The summed E-state index contributed by atoms with van der Waals surface area (Å²) in [4.78, 5) is 83.2. The first-order chi connectivity index (χ1) is 59.5. The summed E-state index contributed by atoms with van der Waals surface area (Å²) in [6.07, 6.45) is 12.3. The number of aryl methyl sites for hydroxylation is 8.